The first-order valence-electron chi connectivity index (χ1n) is 5.94. The maximum absolute atomic E-state index is 4.30. The highest BCUT2D eigenvalue weighted by Crippen LogP contribution is 2.24. The average Bonchev–Trinajstić information content (AvgIpc) is 2.90. The van der Waals surface area contributed by atoms with Crippen molar-refractivity contribution in [3.8, 4) is 0 Å². The third kappa shape index (κ3) is 2.83. The quantitative estimate of drug-likeness (QED) is 0.776. The van der Waals surface area contributed by atoms with E-state index in [9.17, 15) is 0 Å². The Kier molecular flexibility index (Phi) is 4.35. The van der Waals surface area contributed by atoms with E-state index >= 15 is 0 Å². The van der Waals surface area contributed by atoms with E-state index in [1.807, 2.05) is 11.7 Å². The molecule has 1 heterocycles. The minimum absolute atomic E-state index is 0.745. The van der Waals surface area contributed by atoms with Crippen molar-refractivity contribution in [2.24, 2.45) is 7.05 Å². The summed E-state index contributed by atoms with van der Waals surface area (Å²) in [6, 6.07) is 0.745. The molecule has 0 bridgehead atoms. The highest BCUT2D eigenvalue weighted by atomic mass is 79.9. The minimum atomic E-state index is 0.745. The summed E-state index contributed by atoms with van der Waals surface area (Å²) in [5, 5.41) is 5.15. The van der Waals surface area contributed by atoms with Gasteiger partial charge in [-0.25, -0.2) is 4.98 Å². The molecule has 1 aliphatic rings. The van der Waals surface area contributed by atoms with Gasteiger partial charge in [0.25, 0.3) is 0 Å². The van der Waals surface area contributed by atoms with Crippen molar-refractivity contribution >= 4 is 15.9 Å². The molecule has 1 aliphatic carbocycles. The Bertz CT molecular complexity index is 320. The molecule has 5 heteroatoms. The van der Waals surface area contributed by atoms with Crippen molar-refractivity contribution in [1.29, 1.82) is 0 Å². The van der Waals surface area contributed by atoms with E-state index in [0.29, 0.717) is 0 Å². The molecule has 90 valence electrons. The van der Waals surface area contributed by atoms with Crippen molar-refractivity contribution in [3.63, 3.8) is 0 Å². The van der Waals surface area contributed by atoms with Gasteiger partial charge in [-0.2, -0.15) is 5.10 Å². The molecule has 0 unspecified atom stereocenters. The summed E-state index contributed by atoms with van der Waals surface area (Å²) in [6.45, 7) is 2.02. The van der Waals surface area contributed by atoms with Gasteiger partial charge in [-0.15, -0.1) is 0 Å². The lowest BCUT2D eigenvalue weighted by molar-refractivity contribution is 0.195. The molecule has 0 spiro atoms. The molecule has 2 rings (SSSR count). The van der Waals surface area contributed by atoms with Gasteiger partial charge >= 0.3 is 0 Å². The molecule has 1 fully saturated rings. The summed E-state index contributed by atoms with van der Waals surface area (Å²) in [5.74, 6) is 1.06. The fraction of sp³-hybridized carbons (Fsp3) is 0.818. The number of hydrogen-bond donors (Lipinski definition) is 0. The highest BCUT2D eigenvalue weighted by Gasteiger charge is 2.23. The van der Waals surface area contributed by atoms with Crippen molar-refractivity contribution in [2.75, 3.05) is 11.9 Å². The average molecular weight is 287 g/mol. The van der Waals surface area contributed by atoms with Crippen molar-refractivity contribution in [3.05, 3.63) is 12.2 Å². The zero-order valence-electron chi connectivity index (χ0n) is 9.77. The standard InChI is InChI=1S/C11H19BrN4/c1-15-11(13-9-14-15)8-16(7-6-12)10-4-2-3-5-10/h9-10H,2-8H2,1H3. The van der Waals surface area contributed by atoms with Crippen LogP contribution in [0.2, 0.25) is 0 Å². The number of aryl methyl sites for hydroxylation is 1. The van der Waals surface area contributed by atoms with Crippen LogP contribution in [-0.2, 0) is 13.6 Å². The van der Waals surface area contributed by atoms with Gasteiger partial charge in [0.1, 0.15) is 12.2 Å². The van der Waals surface area contributed by atoms with Gasteiger partial charge in [0.2, 0.25) is 0 Å². The minimum Gasteiger partial charge on any atom is -0.292 e. The second-order valence-corrected chi connectivity index (χ2v) is 5.19. The molecular weight excluding hydrogens is 268 g/mol. The Balaban J connectivity index is 1.99. The molecule has 0 aromatic carbocycles. The molecule has 1 aromatic heterocycles. The second-order valence-electron chi connectivity index (χ2n) is 4.40. The first kappa shape index (κ1) is 12.0. The summed E-state index contributed by atoms with van der Waals surface area (Å²) < 4.78 is 1.87. The lowest BCUT2D eigenvalue weighted by atomic mass is 10.2. The highest BCUT2D eigenvalue weighted by molar-refractivity contribution is 9.09. The molecule has 0 saturated heterocycles. The van der Waals surface area contributed by atoms with E-state index < -0.39 is 0 Å². The van der Waals surface area contributed by atoms with Gasteiger partial charge in [-0.05, 0) is 12.8 Å². The third-order valence-corrected chi connectivity index (χ3v) is 3.72. The van der Waals surface area contributed by atoms with Gasteiger partial charge in [-0.3, -0.25) is 9.58 Å². The van der Waals surface area contributed by atoms with Gasteiger partial charge in [0.05, 0.1) is 6.54 Å². The Morgan fingerprint density at radius 2 is 2.25 bits per heavy atom. The van der Waals surface area contributed by atoms with Crippen molar-refractivity contribution < 1.29 is 0 Å². The van der Waals surface area contributed by atoms with Crippen molar-refractivity contribution in [1.82, 2.24) is 19.7 Å². The Labute approximate surface area is 105 Å². The largest absolute Gasteiger partial charge is 0.292 e. The second kappa shape index (κ2) is 5.77. The summed E-state index contributed by atoms with van der Waals surface area (Å²) in [5.41, 5.74) is 0. The molecule has 1 saturated carbocycles. The van der Waals surface area contributed by atoms with E-state index in [1.165, 1.54) is 25.7 Å². The monoisotopic (exact) mass is 286 g/mol. The Hall–Kier alpha value is -0.420. The van der Waals surface area contributed by atoms with Gasteiger partial charge in [-0.1, -0.05) is 28.8 Å². The van der Waals surface area contributed by atoms with Gasteiger partial charge in [0.15, 0.2) is 0 Å². The Morgan fingerprint density at radius 1 is 1.50 bits per heavy atom. The van der Waals surface area contributed by atoms with Crippen LogP contribution in [-0.4, -0.2) is 37.6 Å². The maximum Gasteiger partial charge on any atom is 0.140 e. The van der Waals surface area contributed by atoms with E-state index in [1.54, 1.807) is 6.33 Å². The number of nitrogens with zero attached hydrogens (tertiary/aromatic N) is 4. The molecule has 0 radical (unpaired) electrons. The fourth-order valence-electron chi connectivity index (χ4n) is 2.41. The van der Waals surface area contributed by atoms with E-state index in [4.69, 9.17) is 0 Å². The van der Waals surface area contributed by atoms with Crippen LogP contribution in [0, 0.1) is 0 Å². The SMILES string of the molecule is Cn1ncnc1CN(CCBr)C1CCCC1. The topological polar surface area (TPSA) is 34.0 Å². The van der Waals surface area contributed by atoms with Crippen LogP contribution in [0.3, 0.4) is 0 Å². The zero-order valence-corrected chi connectivity index (χ0v) is 11.4. The predicted molar refractivity (Wildman–Crippen MR) is 67.5 cm³/mol. The number of halogens is 1. The fourth-order valence-corrected chi connectivity index (χ4v) is 2.87. The summed E-state index contributed by atoms with van der Waals surface area (Å²) in [7, 11) is 1.96. The molecular formula is C11H19BrN4. The molecule has 1 aromatic rings. The van der Waals surface area contributed by atoms with Crippen LogP contribution in [0.15, 0.2) is 6.33 Å². The molecule has 4 nitrogen and oxygen atoms in total. The normalized spacial score (nSPS) is 17.4. The van der Waals surface area contributed by atoms with Crippen LogP contribution in [0.25, 0.3) is 0 Å². The van der Waals surface area contributed by atoms with Gasteiger partial charge in [0, 0.05) is 25.0 Å². The van der Waals surface area contributed by atoms with Crippen molar-refractivity contribution in [2.45, 2.75) is 38.3 Å². The number of rotatable bonds is 5. The Morgan fingerprint density at radius 3 is 2.81 bits per heavy atom. The number of hydrogen-bond acceptors (Lipinski definition) is 3. The van der Waals surface area contributed by atoms with E-state index in [2.05, 4.69) is 30.9 Å². The maximum atomic E-state index is 4.30. The smallest absolute Gasteiger partial charge is 0.140 e. The summed E-state index contributed by atoms with van der Waals surface area (Å²) in [4.78, 5) is 6.84. The molecule has 0 aliphatic heterocycles. The first-order valence-corrected chi connectivity index (χ1v) is 7.06. The lowest BCUT2D eigenvalue weighted by Gasteiger charge is -2.27. The van der Waals surface area contributed by atoms with Crippen LogP contribution < -0.4 is 0 Å². The number of aromatic nitrogens is 3. The summed E-state index contributed by atoms with van der Waals surface area (Å²) in [6.07, 6.45) is 7.07. The number of alkyl halides is 1. The van der Waals surface area contributed by atoms with Crippen LogP contribution in [0.4, 0.5) is 0 Å². The van der Waals surface area contributed by atoms with E-state index in [0.717, 1.165) is 30.3 Å². The molecule has 0 amide bonds. The molecule has 0 N–H and O–H groups in total. The lowest BCUT2D eigenvalue weighted by Crippen LogP contribution is -2.35. The van der Waals surface area contributed by atoms with Crippen LogP contribution in [0.5, 0.6) is 0 Å². The zero-order chi connectivity index (χ0) is 11.4. The summed E-state index contributed by atoms with van der Waals surface area (Å²) >= 11 is 3.54. The van der Waals surface area contributed by atoms with Crippen LogP contribution in [0.1, 0.15) is 31.5 Å². The molecule has 0 atom stereocenters. The van der Waals surface area contributed by atoms with E-state index in [-0.39, 0.29) is 0 Å². The van der Waals surface area contributed by atoms with Gasteiger partial charge < -0.3 is 0 Å². The third-order valence-electron chi connectivity index (χ3n) is 3.36. The first-order chi connectivity index (χ1) is 7.81. The molecule has 16 heavy (non-hydrogen) atoms. The predicted octanol–water partition coefficient (Wildman–Crippen LogP) is 1.95. The van der Waals surface area contributed by atoms with Crippen LogP contribution >= 0.6 is 15.9 Å².